The van der Waals surface area contributed by atoms with E-state index in [9.17, 15) is 9.59 Å². The van der Waals surface area contributed by atoms with Crippen LogP contribution in [0.1, 0.15) is 20.9 Å². The molecule has 114 valence electrons. The Balaban J connectivity index is 1.82. The minimum absolute atomic E-state index is 0.126. The molecule has 23 heavy (non-hydrogen) atoms. The zero-order valence-electron chi connectivity index (χ0n) is 12.0. The van der Waals surface area contributed by atoms with Crippen molar-refractivity contribution in [2.75, 3.05) is 5.32 Å². The molecule has 1 aromatic heterocycles. The van der Waals surface area contributed by atoms with Gasteiger partial charge in [-0.05, 0) is 36.4 Å². The number of carbonyl (C=O) groups excluding carboxylic acids is 1. The van der Waals surface area contributed by atoms with Gasteiger partial charge in [-0.25, -0.2) is 4.79 Å². The normalized spacial score (nSPS) is 10.3. The molecule has 0 fully saturated rings. The van der Waals surface area contributed by atoms with Crippen LogP contribution in [0.2, 0.25) is 0 Å². The Morgan fingerprint density at radius 1 is 0.913 bits per heavy atom. The van der Waals surface area contributed by atoms with E-state index < -0.39 is 5.97 Å². The van der Waals surface area contributed by atoms with Crippen molar-refractivity contribution in [1.82, 2.24) is 0 Å². The summed E-state index contributed by atoms with van der Waals surface area (Å²) in [6, 6.07) is 18.9. The van der Waals surface area contributed by atoms with Gasteiger partial charge in [-0.15, -0.1) is 0 Å². The van der Waals surface area contributed by atoms with Gasteiger partial charge in [0.15, 0.2) is 0 Å². The number of rotatable bonds is 4. The van der Waals surface area contributed by atoms with Gasteiger partial charge in [-0.2, -0.15) is 0 Å². The number of carbonyl (C=O) groups is 2. The molecule has 5 nitrogen and oxygen atoms in total. The van der Waals surface area contributed by atoms with Gasteiger partial charge in [0.2, 0.25) is 5.76 Å². The van der Waals surface area contributed by atoms with Crippen LogP contribution < -0.4 is 5.32 Å². The van der Waals surface area contributed by atoms with Crippen molar-refractivity contribution < 1.29 is 19.1 Å². The Morgan fingerprint density at radius 3 is 2.39 bits per heavy atom. The number of hydrogen-bond donors (Lipinski definition) is 2. The van der Waals surface area contributed by atoms with Crippen LogP contribution in [-0.2, 0) is 0 Å². The van der Waals surface area contributed by atoms with Crippen molar-refractivity contribution in [3.63, 3.8) is 0 Å². The standard InChI is InChI=1S/C18H13NO4/c20-17(12-5-2-1-3-6-12)19-14-8-4-7-13(11-14)15-9-10-16(23-15)18(21)22/h1-11H,(H,19,20)(H,21,22). The number of anilines is 1. The molecule has 3 aromatic rings. The molecular formula is C18H13NO4. The smallest absolute Gasteiger partial charge is 0.371 e. The van der Waals surface area contributed by atoms with Crippen LogP contribution in [0.5, 0.6) is 0 Å². The molecule has 0 atom stereocenters. The van der Waals surface area contributed by atoms with Gasteiger partial charge >= 0.3 is 5.97 Å². The molecule has 0 aliphatic rings. The quantitative estimate of drug-likeness (QED) is 0.766. The third-order valence-corrected chi connectivity index (χ3v) is 3.26. The Morgan fingerprint density at radius 2 is 1.70 bits per heavy atom. The summed E-state index contributed by atoms with van der Waals surface area (Å²) in [5.74, 6) is -1.03. The van der Waals surface area contributed by atoms with Crippen molar-refractivity contribution in [3.05, 3.63) is 78.1 Å². The van der Waals surface area contributed by atoms with Gasteiger partial charge in [0, 0.05) is 16.8 Å². The Kier molecular flexibility index (Phi) is 3.93. The number of carboxylic acids is 1. The first kappa shape index (κ1) is 14.6. The number of amides is 1. The summed E-state index contributed by atoms with van der Waals surface area (Å²) >= 11 is 0. The average Bonchev–Trinajstić information content (AvgIpc) is 3.06. The van der Waals surface area contributed by atoms with Crippen molar-refractivity contribution in [3.8, 4) is 11.3 Å². The molecule has 3 rings (SSSR count). The van der Waals surface area contributed by atoms with Gasteiger partial charge in [0.25, 0.3) is 5.91 Å². The van der Waals surface area contributed by atoms with E-state index in [1.807, 2.05) is 6.07 Å². The van der Waals surface area contributed by atoms with Crippen LogP contribution in [0, 0.1) is 0 Å². The number of nitrogens with one attached hydrogen (secondary N) is 1. The van der Waals surface area contributed by atoms with Crippen molar-refractivity contribution in [1.29, 1.82) is 0 Å². The fourth-order valence-electron chi connectivity index (χ4n) is 2.15. The van der Waals surface area contributed by atoms with E-state index in [0.29, 0.717) is 22.6 Å². The summed E-state index contributed by atoms with van der Waals surface area (Å²) in [4.78, 5) is 23.0. The molecule has 1 heterocycles. The molecule has 0 radical (unpaired) electrons. The Hall–Kier alpha value is -3.34. The zero-order valence-corrected chi connectivity index (χ0v) is 12.0. The largest absolute Gasteiger partial charge is 0.475 e. The second kappa shape index (κ2) is 6.19. The topological polar surface area (TPSA) is 79.5 Å². The minimum atomic E-state index is -1.12. The monoisotopic (exact) mass is 307 g/mol. The fourth-order valence-corrected chi connectivity index (χ4v) is 2.15. The first-order valence-corrected chi connectivity index (χ1v) is 6.93. The summed E-state index contributed by atoms with van der Waals surface area (Å²) in [5.41, 5.74) is 1.84. The molecule has 0 spiro atoms. The van der Waals surface area contributed by atoms with E-state index in [1.54, 1.807) is 54.6 Å². The second-order valence-corrected chi connectivity index (χ2v) is 4.87. The highest BCUT2D eigenvalue weighted by Crippen LogP contribution is 2.25. The number of carboxylic acid groups (broad SMARTS) is 1. The van der Waals surface area contributed by atoms with E-state index in [-0.39, 0.29) is 11.7 Å². The number of benzene rings is 2. The average molecular weight is 307 g/mol. The maximum atomic E-state index is 12.1. The summed E-state index contributed by atoms with van der Waals surface area (Å²) in [6.07, 6.45) is 0. The molecule has 0 bridgehead atoms. The molecule has 0 aliphatic heterocycles. The summed E-state index contributed by atoms with van der Waals surface area (Å²) in [6.45, 7) is 0. The predicted octanol–water partition coefficient (Wildman–Crippen LogP) is 3.90. The van der Waals surface area contributed by atoms with Crippen LogP contribution in [-0.4, -0.2) is 17.0 Å². The van der Waals surface area contributed by atoms with E-state index >= 15 is 0 Å². The van der Waals surface area contributed by atoms with Crippen LogP contribution in [0.4, 0.5) is 5.69 Å². The van der Waals surface area contributed by atoms with Gasteiger partial charge in [0.05, 0.1) is 0 Å². The van der Waals surface area contributed by atoms with Crippen molar-refractivity contribution >= 4 is 17.6 Å². The van der Waals surface area contributed by atoms with Crippen LogP contribution in [0.3, 0.4) is 0 Å². The summed E-state index contributed by atoms with van der Waals surface area (Å²) in [5, 5.41) is 11.7. The fraction of sp³-hybridized carbons (Fsp3) is 0. The molecule has 2 N–H and O–H groups in total. The van der Waals surface area contributed by atoms with E-state index in [2.05, 4.69) is 5.32 Å². The number of hydrogen-bond acceptors (Lipinski definition) is 3. The lowest BCUT2D eigenvalue weighted by Gasteiger charge is -2.06. The zero-order chi connectivity index (χ0) is 16.2. The maximum absolute atomic E-state index is 12.1. The van der Waals surface area contributed by atoms with Gasteiger partial charge in [0.1, 0.15) is 5.76 Å². The van der Waals surface area contributed by atoms with Crippen molar-refractivity contribution in [2.45, 2.75) is 0 Å². The van der Waals surface area contributed by atoms with Crippen LogP contribution in [0.25, 0.3) is 11.3 Å². The lowest BCUT2D eigenvalue weighted by Crippen LogP contribution is -2.11. The van der Waals surface area contributed by atoms with E-state index in [1.165, 1.54) is 6.07 Å². The molecule has 0 saturated carbocycles. The number of furan rings is 1. The van der Waals surface area contributed by atoms with Crippen molar-refractivity contribution in [2.24, 2.45) is 0 Å². The van der Waals surface area contributed by atoms with E-state index in [0.717, 1.165) is 0 Å². The maximum Gasteiger partial charge on any atom is 0.371 e. The van der Waals surface area contributed by atoms with Gasteiger partial charge in [-0.3, -0.25) is 4.79 Å². The SMILES string of the molecule is O=C(Nc1cccc(-c2ccc(C(=O)O)o2)c1)c1ccccc1. The molecule has 2 aromatic carbocycles. The summed E-state index contributed by atoms with van der Waals surface area (Å²) < 4.78 is 5.26. The minimum Gasteiger partial charge on any atom is -0.475 e. The highest BCUT2D eigenvalue weighted by Gasteiger charge is 2.11. The van der Waals surface area contributed by atoms with Crippen LogP contribution in [0.15, 0.2) is 71.1 Å². The highest BCUT2D eigenvalue weighted by molar-refractivity contribution is 6.04. The van der Waals surface area contributed by atoms with Gasteiger partial charge in [-0.1, -0.05) is 30.3 Å². The molecule has 0 unspecified atom stereocenters. The Bertz CT molecular complexity index is 852. The van der Waals surface area contributed by atoms with E-state index in [4.69, 9.17) is 9.52 Å². The molecule has 0 saturated heterocycles. The first-order chi connectivity index (χ1) is 11.1. The third kappa shape index (κ3) is 3.29. The third-order valence-electron chi connectivity index (χ3n) is 3.26. The Labute approximate surface area is 132 Å². The molecule has 0 aliphatic carbocycles. The molecule has 1 amide bonds. The molecular weight excluding hydrogens is 294 g/mol. The predicted molar refractivity (Wildman–Crippen MR) is 85.5 cm³/mol. The highest BCUT2D eigenvalue weighted by atomic mass is 16.4. The molecule has 5 heteroatoms. The second-order valence-electron chi connectivity index (χ2n) is 4.87. The summed E-state index contributed by atoms with van der Waals surface area (Å²) in [7, 11) is 0. The number of aromatic carboxylic acids is 1. The lowest BCUT2D eigenvalue weighted by molar-refractivity contribution is 0.0663. The lowest BCUT2D eigenvalue weighted by atomic mass is 10.1. The first-order valence-electron chi connectivity index (χ1n) is 6.93. The van der Waals surface area contributed by atoms with Crippen LogP contribution >= 0.6 is 0 Å². The van der Waals surface area contributed by atoms with Gasteiger partial charge < -0.3 is 14.8 Å².